The van der Waals surface area contributed by atoms with Gasteiger partial charge in [0.05, 0.1) is 0 Å². The summed E-state index contributed by atoms with van der Waals surface area (Å²) < 4.78 is 11.5. The summed E-state index contributed by atoms with van der Waals surface area (Å²) in [6.45, 7) is 14.8. The Balaban J connectivity index is 1.80. The number of likely N-dealkylation sites (tertiary alicyclic amines) is 1. The van der Waals surface area contributed by atoms with Gasteiger partial charge in [0.1, 0.15) is 18.0 Å². The molecule has 5 heteroatoms. The van der Waals surface area contributed by atoms with Crippen molar-refractivity contribution >= 4 is 11.6 Å². The normalized spacial score (nSPS) is 22.9. The SMILES string of the molecule is CCOC(C)(CC)C(=O)Nc1ccc(OCCN2CC(C)CC(C)C2)cc1. The van der Waals surface area contributed by atoms with Crippen LogP contribution in [0, 0.1) is 11.8 Å². The van der Waals surface area contributed by atoms with Crippen molar-refractivity contribution in [3.63, 3.8) is 0 Å². The van der Waals surface area contributed by atoms with Crippen molar-refractivity contribution in [2.24, 2.45) is 11.8 Å². The minimum atomic E-state index is -0.799. The Kier molecular flexibility index (Phi) is 8.11. The highest BCUT2D eigenvalue weighted by molar-refractivity contribution is 5.97. The molecule has 1 amide bonds. The summed E-state index contributed by atoms with van der Waals surface area (Å²) in [5.41, 5.74) is -0.0440. The lowest BCUT2D eigenvalue weighted by Gasteiger charge is -2.34. The number of rotatable bonds is 9. The second kappa shape index (κ2) is 10.1. The molecule has 0 bridgehead atoms. The highest BCUT2D eigenvalue weighted by Crippen LogP contribution is 2.22. The smallest absolute Gasteiger partial charge is 0.256 e. The molecule has 1 aromatic rings. The molecule has 1 fully saturated rings. The summed E-state index contributed by atoms with van der Waals surface area (Å²) in [4.78, 5) is 15.0. The molecule has 0 saturated carbocycles. The molecule has 1 aliphatic rings. The highest BCUT2D eigenvalue weighted by Gasteiger charge is 2.31. The molecule has 1 saturated heterocycles. The topological polar surface area (TPSA) is 50.8 Å². The Morgan fingerprint density at radius 3 is 2.37 bits per heavy atom. The Hall–Kier alpha value is -1.59. The Labute approximate surface area is 164 Å². The average Bonchev–Trinajstić information content (AvgIpc) is 2.62. The van der Waals surface area contributed by atoms with Crippen LogP contribution in [0.3, 0.4) is 0 Å². The summed E-state index contributed by atoms with van der Waals surface area (Å²) in [6.07, 6.45) is 1.95. The van der Waals surface area contributed by atoms with Crippen LogP contribution in [-0.2, 0) is 9.53 Å². The number of hydrogen-bond acceptors (Lipinski definition) is 4. The predicted octanol–water partition coefficient (Wildman–Crippen LogP) is 4.19. The quantitative estimate of drug-likeness (QED) is 0.702. The van der Waals surface area contributed by atoms with Crippen molar-refractivity contribution in [3.05, 3.63) is 24.3 Å². The van der Waals surface area contributed by atoms with E-state index in [0.717, 1.165) is 42.9 Å². The van der Waals surface area contributed by atoms with Crippen LogP contribution in [0.25, 0.3) is 0 Å². The molecule has 0 aromatic heterocycles. The summed E-state index contributed by atoms with van der Waals surface area (Å²) in [5, 5.41) is 2.94. The van der Waals surface area contributed by atoms with Gasteiger partial charge >= 0.3 is 0 Å². The van der Waals surface area contributed by atoms with E-state index in [-0.39, 0.29) is 5.91 Å². The first kappa shape index (κ1) is 21.7. The zero-order chi connectivity index (χ0) is 19.9. The van der Waals surface area contributed by atoms with E-state index in [1.165, 1.54) is 6.42 Å². The van der Waals surface area contributed by atoms with Gasteiger partial charge < -0.3 is 14.8 Å². The molecule has 1 aromatic carbocycles. The van der Waals surface area contributed by atoms with E-state index in [0.29, 0.717) is 19.6 Å². The Bertz CT molecular complexity index is 580. The number of nitrogens with zero attached hydrogens (tertiary/aromatic N) is 1. The second-order valence-electron chi connectivity index (χ2n) is 8.05. The monoisotopic (exact) mass is 376 g/mol. The van der Waals surface area contributed by atoms with Gasteiger partial charge in [-0.1, -0.05) is 20.8 Å². The minimum absolute atomic E-state index is 0.117. The van der Waals surface area contributed by atoms with Gasteiger partial charge in [0.2, 0.25) is 0 Å². The summed E-state index contributed by atoms with van der Waals surface area (Å²) in [5.74, 6) is 2.24. The van der Waals surface area contributed by atoms with Crippen LogP contribution in [-0.4, -0.2) is 49.3 Å². The van der Waals surface area contributed by atoms with Crippen LogP contribution < -0.4 is 10.1 Å². The van der Waals surface area contributed by atoms with E-state index in [9.17, 15) is 4.79 Å². The fraction of sp³-hybridized carbons (Fsp3) is 0.682. The van der Waals surface area contributed by atoms with Gasteiger partial charge in [0.25, 0.3) is 5.91 Å². The first-order chi connectivity index (χ1) is 12.9. The molecule has 5 nitrogen and oxygen atoms in total. The number of anilines is 1. The van der Waals surface area contributed by atoms with Crippen molar-refractivity contribution in [2.75, 3.05) is 38.2 Å². The second-order valence-corrected chi connectivity index (χ2v) is 8.05. The van der Waals surface area contributed by atoms with E-state index < -0.39 is 5.60 Å². The number of amides is 1. The molecule has 0 aliphatic carbocycles. The third kappa shape index (κ3) is 6.51. The molecule has 1 aliphatic heterocycles. The van der Waals surface area contributed by atoms with E-state index in [1.807, 2.05) is 45.0 Å². The maximum atomic E-state index is 12.5. The lowest BCUT2D eigenvalue weighted by Crippen LogP contribution is -2.42. The van der Waals surface area contributed by atoms with Crippen LogP contribution in [0.4, 0.5) is 5.69 Å². The van der Waals surface area contributed by atoms with E-state index >= 15 is 0 Å². The molecule has 3 atom stereocenters. The minimum Gasteiger partial charge on any atom is -0.492 e. The third-order valence-corrected chi connectivity index (χ3v) is 5.35. The summed E-state index contributed by atoms with van der Waals surface area (Å²) in [7, 11) is 0. The molecule has 0 radical (unpaired) electrons. The van der Waals surface area contributed by atoms with E-state index in [1.54, 1.807) is 0 Å². The van der Waals surface area contributed by atoms with Gasteiger partial charge in [0.15, 0.2) is 0 Å². The van der Waals surface area contributed by atoms with Crippen molar-refractivity contribution in [3.8, 4) is 5.75 Å². The van der Waals surface area contributed by atoms with Gasteiger partial charge in [-0.05, 0) is 62.8 Å². The van der Waals surface area contributed by atoms with E-state index in [2.05, 4.69) is 24.1 Å². The Morgan fingerprint density at radius 1 is 1.19 bits per heavy atom. The van der Waals surface area contributed by atoms with Crippen LogP contribution in [0.1, 0.15) is 47.5 Å². The van der Waals surface area contributed by atoms with Gasteiger partial charge in [-0.3, -0.25) is 9.69 Å². The first-order valence-electron chi connectivity index (χ1n) is 10.3. The zero-order valence-corrected chi connectivity index (χ0v) is 17.6. The maximum Gasteiger partial charge on any atom is 0.256 e. The van der Waals surface area contributed by atoms with Crippen molar-refractivity contribution in [1.29, 1.82) is 0 Å². The number of piperidine rings is 1. The van der Waals surface area contributed by atoms with Crippen molar-refractivity contribution < 1.29 is 14.3 Å². The Morgan fingerprint density at radius 2 is 1.81 bits per heavy atom. The zero-order valence-electron chi connectivity index (χ0n) is 17.6. The maximum absolute atomic E-state index is 12.5. The molecule has 1 heterocycles. The fourth-order valence-electron chi connectivity index (χ4n) is 3.81. The van der Waals surface area contributed by atoms with Crippen LogP contribution in [0.2, 0.25) is 0 Å². The number of nitrogens with one attached hydrogen (secondary N) is 1. The van der Waals surface area contributed by atoms with Gasteiger partial charge in [-0.2, -0.15) is 0 Å². The number of hydrogen-bond donors (Lipinski definition) is 1. The van der Waals surface area contributed by atoms with E-state index in [4.69, 9.17) is 9.47 Å². The van der Waals surface area contributed by atoms with Gasteiger partial charge in [-0.15, -0.1) is 0 Å². The molecule has 27 heavy (non-hydrogen) atoms. The lowest BCUT2D eigenvalue weighted by molar-refractivity contribution is -0.139. The lowest BCUT2D eigenvalue weighted by atomic mass is 9.92. The molecule has 1 N–H and O–H groups in total. The largest absolute Gasteiger partial charge is 0.492 e. The van der Waals surface area contributed by atoms with Crippen LogP contribution >= 0.6 is 0 Å². The van der Waals surface area contributed by atoms with Gasteiger partial charge in [-0.25, -0.2) is 0 Å². The molecular formula is C22H36N2O3. The third-order valence-electron chi connectivity index (χ3n) is 5.35. The molecule has 3 unspecified atom stereocenters. The van der Waals surface area contributed by atoms with Crippen LogP contribution in [0.5, 0.6) is 5.75 Å². The number of benzene rings is 1. The standard InChI is InChI=1S/C22H36N2O3/c1-6-22(5,27-7-2)21(25)23-19-8-10-20(11-9-19)26-13-12-24-15-17(3)14-18(4)16-24/h8-11,17-18H,6-7,12-16H2,1-5H3,(H,23,25). The highest BCUT2D eigenvalue weighted by atomic mass is 16.5. The van der Waals surface area contributed by atoms with Crippen molar-refractivity contribution in [1.82, 2.24) is 4.90 Å². The van der Waals surface area contributed by atoms with Crippen LogP contribution in [0.15, 0.2) is 24.3 Å². The number of ether oxygens (including phenoxy) is 2. The molecule has 0 spiro atoms. The number of carbonyl (C=O) groups is 1. The summed E-state index contributed by atoms with van der Waals surface area (Å²) >= 11 is 0. The average molecular weight is 377 g/mol. The van der Waals surface area contributed by atoms with Gasteiger partial charge in [0, 0.05) is 31.9 Å². The predicted molar refractivity (Wildman–Crippen MR) is 110 cm³/mol. The molecule has 152 valence electrons. The number of carbonyl (C=O) groups excluding carboxylic acids is 1. The first-order valence-corrected chi connectivity index (χ1v) is 10.3. The summed E-state index contributed by atoms with van der Waals surface area (Å²) in [6, 6.07) is 7.56. The molecule has 2 rings (SSSR count). The van der Waals surface area contributed by atoms with Crippen molar-refractivity contribution in [2.45, 2.75) is 53.1 Å². The molecular weight excluding hydrogens is 340 g/mol. The fourth-order valence-corrected chi connectivity index (χ4v) is 3.81.